The van der Waals surface area contributed by atoms with Crippen molar-refractivity contribution in [3.05, 3.63) is 72.0 Å². The highest BCUT2D eigenvalue weighted by atomic mass is 32.2. The maximum atomic E-state index is 11.7. The second-order valence-electron chi connectivity index (χ2n) is 7.07. The molecule has 1 spiro atoms. The zero-order valence-corrected chi connectivity index (χ0v) is 15.7. The lowest BCUT2D eigenvalue weighted by molar-refractivity contribution is 0.221. The number of benzene rings is 1. The highest BCUT2D eigenvalue weighted by Gasteiger charge is 2.45. The van der Waals surface area contributed by atoms with Gasteiger partial charge in [-0.25, -0.2) is 13.4 Å². The lowest BCUT2D eigenvalue weighted by Crippen LogP contribution is -2.33. The summed E-state index contributed by atoms with van der Waals surface area (Å²) in [5, 5.41) is 0. The average molecular weight is 367 g/mol. The van der Waals surface area contributed by atoms with Gasteiger partial charge in [0.05, 0.1) is 12.0 Å². The van der Waals surface area contributed by atoms with E-state index in [0.29, 0.717) is 16.7 Å². The molecule has 134 valence electrons. The lowest BCUT2D eigenvalue weighted by atomic mass is 9.58. The molecule has 0 amide bonds. The fraction of sp³-hybridized carbons (Fsp3) is 0.286. The van der Waals surface area contributed by atoms with Crippen molar-refractivity contribution in [3.8, 4) is 5.88 Å². The van der Waals surface area contributed by atoms with E-state index in [0.717, 1.165) is 18.4 Å². The molecule has 1 aromatic heterocycles. The van der Waals surface area contributed by atoms with E-state index in [1.54, 1.807) is 19.2 Å². The zero-order chi connectivity index (χ0) is 18.4. The van der Waals surface area contributed by atoms with Gasteiger partial charge in [-0.2, -0.15) is 0 Å². The van der Waals surface area contributed by atoms with E-state index in [4.69, 9.17) is 4.74 Å². The number of nitrogens with zero attached hydrogens (tertiary/aromatic N) is 1. The molecule has 5 heteroatoms. The molecule has 0 N–H and O–H groups in total. The number of hydrogen-bond acceptors (Lipinski definition) is 4. The van der Waals surface area contributed by atoms with E-state index in [-0.39, 0.29) is 5.41 Å². The second-order valence-corrected chi connectivity index (χ2v) is 9.08. The summed E-state index contributed by atoms with van der Waals surface area (Å²) < 4.78 is 28.4. The predicted octanol–water partition coefficient (Wildman–Crippen LogP) is 4.01. The Morgan fingerprint density at radius 3 is 2.46 bits per heavy atom. The standard InChI is InChI=1S/C21H21NO3S/c1-25-20-8-5-17(14-22-20)16-9-11-21(13-16)12-10-19(21)15-3-6-18(7-4-15)26(2,23)24/h3-9,11,13-14,19H,10,12H2,1-2H3. The van der Waals surface area contributed by atoms with Crippen molar-refractivity contribution >= 4 is 15.4 Å². The van der Waals surface area contributed by atoms with Crippen molar-refractivity contribution in [1.82, 2.24) is 4.98 Å². The number of aromatic nitrogens is 1. The van der Waals surface area contributed by atoms with Crippen LogP contribution < -0.4 is 4.74 Å². The normalized spacial score (nSPS) is 24.4. The molecule has 2 unspecified atom stereocenters. The van der Waals surface area contributed by atoms with E-state index in [2.05, 4.69) is 23.2 Å². The number of ether oxygens (including phenoxy) is 1. The van der Waals surface area contributed by atoms with Crippen molar-refractivity contribution < 1.29 is 13.2 Å². The Kier molecular flexibility index (Phi) is 3.99. The average Bonchev–Trinajstić information content (AvgIpc) is 3.08. The molecule has 4 nitrogen and oxygen atoms in total. The van der Waals surface area contributed by atoms with Gasteiger partial charge in [0, 0.05) is 23.9 Å². The van der Waals surface area contributed by atoms with E-state index in [1.807, 2.05) is 30.5 Å². The van der Waals surface area contributed by atoms with E-state index >= 15 is 0 Å². The molecule has 2 aliphatic carbocycles. The minimum absolute atomic E-state index is 0.0296. The monoisotopic (exact) mass is 367 g/mol. The van der Waals surface area contributed by atoms with Gasteiger partial charge in [-0.3, -0.25) is 0 Å². The van der Waals surface area contributed by atoms with Crippen LogP contribution in [0.25, 0.3) is 5.57 Å². The molecule has 0 aliphatic heterocycles. The predicted molar refractivity (Wildman–Crippen MR) is 102 cm³/mol. The lowest BCUT2D eigenvalue weighted by Gasteiger charge is -2.45. The van der Waals surface area contributed by atoms with Crippen molar-refractivity contribution in [3.63, 3.8) is 0 Å². The van der Waals surface area contributed by atoms with Gasteiger partial charge in [0.1, 0.15) is 0 Å². The first-order chi connectivity index (χ1) is 12.4. The number of pyridine rings is 1. The topological polar surface area (TPSA) is 56.3 Å². The second kappa shape index (κ2) is 6.09. The summed E-state index contributed by atoms with van der Waals surface area (Å²) in [5.74, 6) is 0.995. The summed E-state index contributed by atoms with van der Waals surface area (Å²) in [6.45, 7) is 0. The van der Waals surface area contributed by atoms with Gasteiger partial charge in [-0.1, -0.05) is 30.4 Å². The first kappa shape index (κ1) is 17.0. The summed E-state index contributed by atoms with van der Waals surface area (Å²) in [5.41, 5.74) is 3.48. The van der Waals surface area contributed by atoms with Gasteiger partial charge >= 0.3 is 0 Å². The Morgan fingerprint density at radius 2 is 1.92 bits per heavy atom. The van der Waals surface area contributed by atoms with Crippen LogP contribution in [0.1, 0.15) is 29.9 Å². The number of allylic oxidation sites excluding steroid dienone is 4. The molecule has 2 atom stereocenters. The molecule has 1 aromatic carbocycles. The first-order valence-electron chi connectivity index (χ1n) is 8.64. The molecule has 26 heavy (non-hydrogen) atoms. The minimum atomic E-state index is -3.16. The van der Waals surface area contributed by atoms with Crippen LogP contribution >= 0.6 is 0 Å². The highest BCUT2D eigenvalue weighted by molar-refractivity contribution is 7.90. The Balaban J connectivity index is 1.60. The minimum Gasteiger partial charge on any atom is -0.481 e. The Hall–Kier alpha value is -2.40. The highest BCUT2D eigenvalue weighted by Crippen LogP contribution is 2.58. The molecular formula is C21H21NO3S. The van der Waals surface area contributed by atoms with Crippen molar-refractivity contribution in [2.45, 2.75) is 23.7 Å². The molecule has 1 heterocycles. The van der Waals surface area contributed by atoms with E-state index in [1.165, 1.54) is 17.4 Å². The van der Waals surface area contributed by atoms with Gasteiger partial charge in [0.25, 0.3) is 0 Å². The first-order valence-corrected chi connectivity index (χ1v) is 10.5. The van der Waals surface area contributed by atoms with Crippen molar-refractivity contribution in [1.29, 1.82) is 0 Å². The molecule has 0 bridgehead atoms. The third kappa shape index (κ3) is 2.86. The molecule has 0 saturated heterocycles. The number of methoxy groups -OCH3 is 1. The SMILES string of the molecule is COc1ccc(C2=CC3(C=C2)CCC3c2ccc(S(C)(=O)=O)cc2)cn1. The van der Waals surface area contributed by atoms with Crippen molar-refractivity contribution in [2.24, 2.45) is 5.41 Å². The van der Waals surface area contributed by atoms with Gasteiger partial charge in [0.15, 0.2) is 9.84 Å². The summed E-state index contributed by atoms with van der Waals surface area (Å²) >= 11 is 0. The number of hydrogen-bond donors (Lipinski definition) is 0. The smallest absolute Gasteiger partial charge is 0.212 e. The number of rotatable bonds is 4. The summed E-state index contributed by atoms with van der Waals surface area (Å²) in [7, 11) is -1.54. The van der Waals surface area contributed by atoms with Crippen LogP contribution in [-0.2, 0) is 9.84 Å². The van der Waals surface area contributed by atoms with Gasteiger partial charge in [0.2, 0.25) is 5.88 Å². The molecule has 2 aliphatic rings. The third-order valence-corrected chi connectivity index (χ3v) is 6.63. The Bertz CT molecular complexity index is 989. The van der Waals surface area contributed by atoms with Crippen LogP contribution in [0.2, 0.25) is 0 Å². The zero-order valence-electron chi connectivity index (χ0n) is 14.8. The van der Waals surface area contributed by atoms with Crippen LogP contribution in [0.4, 0.5) is 0 Å². The largest absolute Gasteiger partial charge is 0.481 e. The summed E-state index contributed by atoms with van der Waals surface area (Å²) in [6, 6.07) is 11.2. The fourth-order valence-electron chi connectivity index (χ4n) is 3.90. The van der Waals surface area contributed by atoms with Gasteiger partial charge in [-0.15, -0.1) is 0 Å². The van der Waals surface area contributed by atoms with Crippen molar-refractivity contribution in [2.75, 3.05) is 13.4 Å². The van der Waals surface area contributed by atoms with E-state index < -0.39 is 9.84 Å². The molecule has 1 fully saturated rings. The van der Waals surface area contributed by atoms with Crippen LogP contribution in [-0.4, -0.2) is 26.8 Å². The quantitative estimate of drug-likeness (QED) is 0.819. The fourth-order valence-corrected chi connectivity index (χ4v) is 4.53. The Morgan fingerprint density at radius 1 is 1.15 bits per heavy atom. The third-order valence-electron chi connectivity index (χ3n) is 5.50. The van der Waals surface area contributed by atoms with Crippen LogP contribution in [0.3, 0.4) is 0 Å². The Labute approximate surface area is 154 Å². The van der Waals surface area contributed by atoms with Gasteiger partial charge in [-0.05, 0) is 53.7 Å². The van der Waals surface area contributed by atoms with Crippen LogP contribution in [0.5, 0.6) is 5.88 Å². The summed E-state index contributed by atoms with van der Waals surface area (Å²) in [4.78, 5) is 4.66. The molecule has 0 radical (unpaired) electrons. The molecule has 1 saturated carbocycles. The molecular weight excluding hydrogens is 346 g/mol. The molecule has 4 rings (SSSR count). The van der Waals surface area contributed by atoms with Gasteiger partial charge < -0.3 is 4.74 Å². The molecule has 2 aromatic rings. The van der Waals surface area contributed by atoms with Crippen LogP contribution in [0.15, 0.2) is 65.7 Å². The maximum absolute atomic E-state index is 11.7. The maximum Gasteiger partial charge on any atom is 0.212 e. The number of sulfone groups is 1. The van der Waals surface area contributed by atoms with Crippen LogP contribution in [0, 0.1) is 5.41 Å². The van der Waals surface area contributed by atoms with E-state index in [9.17, 15) is 8.42 Å². The summed E-state index contributed by atoms with van der Waals surface area (Å²) in [6.07, 6.45) is 12.1.